The van der Waals surface area contributed by atoms with E-state index >= 15 is 0 Å². The molecule has 0 unspecified atom stereocenters. The summed E-state index contributed by atoms with van der Waals surface area (Å²) in [7, 11) is -3.90. The molecule has 0 saturated carbocycles. The summed E-state index contributed by atoms with van der Waals surface area (Å²) in [4.78, 5) is 26.0. The molecule has 1 aromatic carbocycles. The molecule has 0 fully saturated rings. The highest BCUT2D eigenvalue weighted by atomic mass is 32.2. The van der Waals surface area contributed by atoms with E-state index in [-0.39, 0.29) is 23.4 Å². The van der Waals surface area contributed by atoms with Crippen molar-refractivity contribution < 1.29 is 18.0 Å². The Morgan fingerprint density at radius 3 is 2.58 bits per heavy atom. The van der Waals surface area contributed by atoms with Gasteiger partial charge in [-0.2, -0.15) is 0 Å². The highest BCUT2D eigenvalue weighted by Crippen LogP contribution is 2.22. The monoisotopic (exact) mass is 351 g/mol. The Kier molecular flexibility index (Phi) is 5.10. The molecule has 2 rings (SSSR count). The lowest BCUT2D eigenvalue weighted by Crippen LogP contribution is -2.49. The van der Waals surface area contributed by atoms with Gasteiger partial charge >= 0.3 is 0 Å². The van der Waals surface area contributed by atoms with Gasteiger partial charge in [-0.05, 0) is 44.4 Å². The van der Waals surface area contributed by atoms with E-state index in [4.69, 9.17) is 5.73 Å². The number of nitrogens with one attached hydrogen (secondary N) is 1. The molecule has 0 saturated heterocycles. The second-order valence-electron chi connectivity index (χ2n) is 5.97. The molecule has 0 radical (unpaired) electrons. The number of benzene rings is 1. The standard InChI is InChI=1S/C16H21N3O4S/c1-10-4-5-12(3)14(8-10)24(22,23)18-19-7-6-11(2)13(16(19)21)9-15(17)20/h4-5,8,18H,6-7,9H2,1-3H3,(H2,17,20). The fourth-order valence-electron chi connectivity index (χ4n) is 2.56. The smallest absolute Gasteiger partial charge is 0.265 e. The molecule has 0 spiro atoms. The molecule has 0 bridgehead atoms. The molecule has 1 aliphatic rings. The molecule has 0 aliphatic carbocycles. The van der Waals surface area contributed by atoms with Crippen LogP contribution in [-0.4, -0.2) is 31.8 Å². The summed E-state index contributed by atoms with van der Waals surface area (Å²) in [6, 6.07) is 5.08. The van der Waals surface area contributed by atoms with Gasteiger partial charge in [0.15, 0.2) is 0 Å². The zero-order valence-electron chi connectivity index (χ0n) is 13.9. The molecular weight excluding hydrogens is 330 g/mol. The van der Waals surface area contributed by atoms with Crippen molar-refractivity contribution in [2.75, 3.05) is 6.54 Å². The average Bonchev–Trinajstić information content (AvgIpc) is 2.48. The first-order valence-corrected chi connectivity index (χ1v) is 8.98. The zero-order chi connectivity index (χ0) is 18.1. The second-order valence-corrected chi connectivity index (χ2v) is 7.60. The Labute approximate surface area is 141 Å². The number of hydrogen-bond donors (Lipinski definition) is 2. The van der Waals surface area contributed by atoms with Crippen molar-refractivity contribution in [3.8, 4) is 0 Å². The van der Waals surface area contributed by atoms with Gasteiger partial charge < -0.3 is 5.73 Å². The number of nitrogens with two attached hydrogens (primary N) is 1. The first-order valence-electron chi connectivity index (χ1n) is 7.50. The molecule has 7 nitrogen and oxygen atoms in total. The molecule has 1 heterocycles. The van der Waals surface area contributed by atoms with Crippen molar-refractivity contribution in [3.05, 3.63) is 40.5 Å². The molecule has 8 heteroatoms. The molecule has 1 aromatic rings. The van der Waals surface area contributed by atoms with Gasteiger partial charge in [0, 0.05) is 12.1 Å². The number of sulfonamides is 1. The van der Waals surface area contributed by atoms with E-state index in [0.29, 0.717) is 12.0 Å². The van der Waals surface area contributed by atoms with Crippen molar-refractivity contribution in [1.29, 1.82) is 0 Å². The number of aryl methyl sites for hydroxylation is 2. The number of carbonyl (C=O) groups excluding carboxylic acids is 2. The summed E-state index contributed by atoms with van der Waals surface area (Å²) in [6.07, 6.45) is 0.274. The van der Waals surface area contributed by atoms with E-state index in [1.165, 1.54) is 0 Å². The van der Waals surface area contributed by atoms with Crippen LogP contribution in [0.2, 0.25) is 0 Å². The topological polar surface area (TPSA) is 110 Å². The fourth-order valence-corrected chi connectivity index (χ4v) is 3.95. The molecular formula is C16H21N3O4S. The first kappa shape index (κ1) is 18.2. The number of primary amides is 1. The van der Waals surface area contributed by atoms with Crippen LogP contribution in [0.25, 0.3) is 0 Å². The fraction of sp³-hybridized carbons (Fsp3) is 0.375. The van der Waals surface area contributed by atoms with Gasteiger partial charge in [0.1, 0.15) is 0 Å². The Balaban J connectivity index is 2.29. The molecule has 130 valence electrons. The molecule has 0 aromatic heterocycles. The highest BCUT2D eigenvalue weighted by Gasteiger charge is 2.30. The minimum atomic E-state index is -3.90. The van der Waals surface area contributed by atoms with Crippen LogP contribution in [-0.2, 0) is 19.6 Å². The summed E-state index contributed by atoms with van der Waals surface area (Å²) in [5.74, 6) is -1.16. The average molecular weight is 351 g/mol. The number of carbonyl (C=O) groups is 2. The normalized spacial score (nSPS) is 15.8. The van der Waals surface area contributed by atoms with Crippen LogP contribution >= 0.6 is 0 Å². The van der Waals surface area contributed by atoms with Crippen LogP contribution < -0.4 is 10.6 Å². The molecule has 3 N–H and O–H groups in total. The third kappa shape index (κ3) is 3.82. The van der Waals surface area contributed by atoms with E-state index in [0.717, 1.165) is 16.1 Å². The van der Waals surface area contributed by atoms with Gasteiger partial charge in [-0.25, -0.2) is 8.42 Å². The predicted molar refractivity (Wildman–Crippen MR) is 89.1 cm³/mol. The van der Waals surface area contributed by atoms with Crippen LogP contribution in [0.4, 0.5) is 0 Å². The highest BCUT2D eigenvalue weighted by molar-refractivity contribution is 7.89. The maximum absolute atomic E-state index is 12.6. The number of rotatable bonds is 5. The van der Waals surface area contributed by atoms with Crippen molar-refractivity contribution in [1.82, 2.24) is 9.84 Å². The number of amides is 2. The van der Waals surface area contributed by atoms with Crippen molar-refractivity contribution in [3.63, 3.8) is 0 Å². The molecule has 2 amide bonds. The molecule has 24 heavy (non-hydrogen) atoms. The first-order chi connectivity index (χ1) is 11.1. The summed E-state index contributed by atoms with van der Waals surface area (Å²) < 4.78 is 25.2. The molecule has 1 aliphatic heterocycles. The Bertz CT molecular complexity index is 828. The van der Waals surface area contributed by atoms with E-state index in [1.54, 1.807) is 32.9 Å². The van der Waals surface area contributed by atoms with Gasteiger partial charge in [0.2, 0.25) is 5.91 Å². The van der Waals surface area contributed by atoms with Crippen LogP contribution in [0.5, 0.6) is 0 Å². The number of hydrogen-bond acceptors (Lipinski definition) is 4. The molecule has 0 atom stereocenters. The van der Waals surface area contributed by atoms with Gasteiger partial charge in [0.25, 0.3) is 15.9 Å². The quantitative estimate of drug-likeness (QED) is 0.822. The second kappa shape index (κ2) is 6.74. The third-order valence-electron chi connectivity index (χ3n) is 3.94. The lowest BCUT2D eigenvalue weighted by atomic mass is 9.99. The van der Waals surface area contributed by atoms with Crippen LogP contribution in [0.1, 0.15) is 30.9 Å². The van der Waals surface area contributed by atoms with Crippen LogP contribution in [0, 0.1) is 13.8 Å². The van der Waals surface area contributed by atoms with Crippen molar-refractivity contribution >= 4 is 21.8 Å². The Morgan fingerprint density at radius 2 is 1.96 bits per heavy atom. The van der Waals surface area contributed by atoms with E-state index < -0.39 is 21.8 Å². The minimum Gasteiger partial charge on any atom is -0.369 e. The number of hydrazine groups is 1. The maximum Gasteiger partial charge on any atom is 0.265 e. The Hall–Kier alpha value is -2.19. The van der Waals surface area contributed by atoms with Gasteiger partial charge in [-0.15, -0.1) is 4.83 Å². The predicted octanol–water partition coefficient (Wildman–Crippen LogP) is 0.921. The summed E-state index contributed by atoms with van der Waals surface area (Å²) in [5.41, 5.74) is 7.55. The number of nitrogens with zero attached hydrogens (tertiary/aromatic N) is 1. The summed E-state index contributed by atoms with van der Waals surface area (Å²) in [5, 5.41) is 1.03. The van der Waals surface area contributed by atoms with Crippen molar-refractivity contribution in [2.24, 2.45) is 5.73 Å². The zero-order valence-corrected chi connectivity index (χ0v) is 14.7. The van der Waals surface area contributed by atoms with Gasteiger partial charge in [0.05, 0.1) is 11.3 Å². The minimum absolute atomic E-state index is 0.123. The van der Waals surface area contributed by atoms with Gasteiger partial charge in [-0.3, -0.25) is 14.6 Å². The third-order valence-corrected chi connectivity index (χ3v) is 5.42. The van der Waals surface area contributed by atoms with E-state index in [9.17, 15) is 18.0 Å². The van der Waals surface area contributed by atoms with Crippen LogP contribution in [0.3, 0.4) is 0 Å². The lowest BCUT2D eigenvalue weighted by molar-refractivity contribution is -0.130. The largest absolute Gasteiger partial charge is 0.369 e. The maximum atomic E-state index is 12.6. The lowest BCUT2D eigenvalue weighted by Gasteiger charge is -2.29. The van der Waals surface area contributed by atoms with Crippen LogP contribution in [0.15, 0.2) is 34.2 Å². The van der Waals surface area contributed by atoms with Gasteiger partial charge in [-0.1, -0.05) is 17.7 Å². The summed E-state index contributed by atoms with van der Waals surface area (Å²) >= 11 is 0. The Morgan fingerprint density at radius 1 is 1.29 bits per heavy atom. The summed E-state index contributed by atoms with van der Waals surface area (Å²) in [6.45, 7) is 5.43. The van der Waals surface area contributed by atoms with E-state index in [1.807, 2.05) is 6.07 Å². The van der Waals surface area contributed by atoms with Crippen molar-refractivity contribution in [2.45, 2.75) is 38.5 Å². The SMILES string of the molecule is CC1=C(CC(N)=O)C(=O)N(NS(=O)(=O)c2cc(C)ccc2C)CC1. The van der Waals surface area contributed by atoms with E-state index in [2.05, 4.69) is 4.83 Å².